The number of nitrogens with one attached hydrogen (secondary N) is 1. The van der Waals surface area contributed by atoms with Gasteiger partial charge >= 0.3 is 0 Å². The van der Waals surface area contributed by atoms with Crippen LogP contribution in [-0.2, 0) is 0 Å². The van der Waals surface area contributed by atoms with E-state index < -0.39 is 0 Å². The number of rotatable bonds is 1. The van der Waals surface area contributed by atoms with Gasteiger partial charge in [0, 0.05) is 22.8 Å². The van der Waals surface area contributed by atoms with Gasteiger partial charge in [0.15, 0.2) is 0 Å². The first-order chi connectivity index (χ1) is 6.77. The molecule has 1 aromatic heterocycles. The van der Waals surface area contributed by atoms with E-state index >= 15 is 0 Å². The highest BCUT2D eigenvalue weighted by Gasteiger charge is 2.01. The molecule has 0 aliphatic rings. The average molecular weight is 206 g/mol. The molecule has 0 amide bonds. The Morgan fingerprint density at radius 1 is 1.07 bits per heavy atom. The van der Waals surface area contributed by atoms with Gasteiger partial charge in [0.25, 0.3) is 0 Å². The molecule has 1 N–H and O–H groups in total. The second kappa shape index (κ2) is 3.68. The first kappa shape index (κ1) is 9.03. The van der Waals surface area contributed by atoms with Gasteiger partial charge in [0.2, 0.25) is 5.56 Å². The molecule has 2 rings (SSSR count). The molecule has 70 valence electrons. The van der Waals surface area contributed by atoms with Crippen molar-refractivity contribution in [2.45, 2.75) is 0 Å². The van der Waals surface area contributed by atoms with E-state index in [1.165, 1.54) is 6.07 Å². The third-order valence-corrected chi connectivity index (χ3v) is 2.30. The van der Waals surface area contributed by atoms with Crippen LogP contribution >= 0.6 is 11.6 Å². The number of benzene rings is 1. The molecule has 0 saturated heterocycles. The molecular weight excluding hydrogens is 198 g/mol. The Kier molecular flexibility index (Phi) is 2.37. The van der Waals surface area contributed by atoms with E-state index in [4.69, 9.17) is 11.6 Å². The van der Waals surface area contributed by atoms with Crippen molar-refractivity contribution in [3.63, 3.8) is 0 Å². The summed E-state index contributed by atoms with van der Waals surface area (Å²) in [6.45, 7) is 0. The summed E-state index contributed by atoms with van der Waals surface area (Å²) in [7, 11) is 0. The van der Waals surface area contributed by atoms with Gasteiger partial charge in [-0.2, -0.15) is 0 Å². The van der Waals surface area contributed by atoms with E-state index in [0.717, 1.165) is 11.1 Å². The molecule has 0 aliphatic heterocycles. The topological polar surface area (TPSA) is 32.9 Å². The lowest BCUT2D eigenvalue weighted by Gasteiger charge is -2.02. The van der Waals surface area contributed by atoms with Crippen LogP contribution in [0.3, 0.4) is 0 Å². The van der Waals surface area contributed by atoms with Gasteiger partial charge in [-0.3, -0.25) is 4.79 Å². The highest BCUT2D eigenvalue weighted by atomic mass is 35.5. The lowest BCUT2D eigenvalue weighted by atomic mass is 10.1. The van der Waals surface area contributed by atoms with Crippen LogP contribution in [0.1, 0.15) is 0 Å². The van der Waals surface area contributed by atoms with Crippen molar-refractivity contribution in [2.24, 2.45) is 0 Å². The summed E-state index contributed by atoms with van der Waals surface area (Å²) in [4.78, 5) is 13.5. The molecule has 0 spiro atoms. The van der Waals surface area contributed by atoms with Crippen molar-refractivity contribution in [2.75, 3.05) is 0 Å². The monoisotopic (exact) mass is 205 g/mol. The SMILES string of the molecule is O=c1ccc(-c2ccccc2Cl)c[nH]1. The number of hydrogen-bond acceptors (Lipinski definition) is 1. The molecule has 0 atom stereocenters. The van der Waals surface area contributed by atoms with Crippen LogP contribution in [0, 0.1) is 0 Å². The van der Waals surface area contributed by atoms with Crippen LogP contribution in [-0.4, -0.2) is 4.98 Å². The Morgan fingerprint density at radius 2 is 1.86 bits per heavy atom. The minimum atomic E-state index is -0.110. The summed E-state index contributed by atoms with van der Waals surface area (Å²) in [5.41, 5.74) is 1.72. The molecule has 1 heterocycles. The van der Waals surface area contributed by atoms with Crippen LogP contribution in [0.4, 0.5) is 0 Å². The summed E-state index contributed by atoms with van der Waals surface area (Å²) in [6.07, 6.45) is 1.66. The van der Waals surface area contributed by atoms with Crippen LogP contribution in [0.25, 0.3) is 11.1 Å². The fourth-order valence-corrected chi connectivity index (χ4v) is 1.52. The standard InChI is InChI=1S/C11H8ClNO/c12-10-4-2-1-3-9(10)8-5-6-11(14)13-7-8/h1-7H,(H,13,14). The van der Waals surface area contributed by atoms with Crippen molar-refractivity contribution in [3.8, 4) is 11.1 Å². The summed E-state index contributed by atoms with van der Waals surface area (Å²) in [5.74, 6) is 0. The highest BCUT2D eigenvalue weighted by Crippen LogP contribution is 2.25. The zero-order valence-corrected chi connectivity index (χ0v) is 8.08. The minimum Gasteiger partial charge on any atom is -0.328 e. The molecule has 0 bridgehead atoms. The Labute approximate surface area is 86.2 Å². The van der Waals surface area contributed by atoms with Gasteiger partial charge < -0.3 is 4.98 Å². The third-order valence-electron chi connectivity index (χ3n) is 1.97. The normalized spacial score (nSPS) is 10.1. The van der Waals surface area contributed by atoms with Gasteiger partial charge in [-0.1, -0.05) is 29.8 Å². The smallest absolute Gasteiger partial charge is 0.247 e. The molecule has 0 saturated carbocycles. The van der Waals surface area contributed by atoms with Crippen molar-refractivity contribution in [1.29, 1.82) is 0 Å². The summed E-state index contributed by atoms with van der Waals surface area (Å²) in [5, 5.41) is 0.680. The lowest BCUT2D eigenvalue weighted by molar-refractivity contribution is 1.24. The number of H-pyrrole nitrogens is 1. The van der Waals surface area contributed by atoms with Crippen molar-refractivity contribution >= 4 is 11.6 Å². The fourth-order valence-electron chi connectivity index (χ4n) is 1.27. The number of aromatic amines is 1. The van der Waals surface area contributed by atoms with Crippen molar-refractivity contribution in [3.05, 3.63) is 58.0 Å². The number of aromatic nitrogens is 1. The van der Waals surface area contributed by atoms with Gasteiger partial charge in [-0.25, -0.2) is 0 Å². The predicted octanol–water partition coefficient (Wildman–Crippen LogP) is 2.70. The Hall–Kier alpha value is -1.54. The van der Waals surface area contributed by atoms with Gasteiger partial charge in [-0.15, -0.1) is 0 Å². The Morgan fingerprint density at radius 3 is 2.50 bits per heavy atom. The molecule has 3 heteroatoms. The lowest BCUT2D eigenvalue weighted by Crippen LogP contribution is -2.01. The maximum absolute atomic E-state index is 10.8. The largest absolute Gasteiger partial charge is 0.328 e. The quantitative estimate of drug-likeness (QED) is 0.763. The first-order valence-electron chi connectivity index (χ1n) is 4.21. The van der Waals surface area contributed by atoms with Crippen LogP contribution in [0.5, 0.6) is 0 Å². The molecule has 0 aliphatic carbocycles. The van der Waals surface area contributed by atoms with E-state index in [0.29, 0.717) is 5.02 Å². The first-order valence-corrected chi connectivity index (χ1v) is 4.59. The number of halogens is 1. The summed E-state index contributed by atoms with van der Waals surface area (Å²) >= 11 is 6.01. The van der Waals surface area contributed by atoms with Gasteiger partial charge in [0.1, 0.15) is 0 Å². The highest BCUT2D eigenvalue weighted by molar-refractivity contribution is 6.33. The van der Waals surface area contributed by atoms with E-state index in [1.807, 2.05) is 24.3 Å². The number of pyridine rings is 1. The second-order valence-corrected chi connectivity index (χ2v) is 3.33. The molecule has 2 nitrogen and oxygen atoms in total. The van der Waals surface area contributed by atoms with E-state index in [2.05, 4.69) is 4.98 Å². The molecule has 2 aromatic rings. The fraction of sp³-hybridized carbons (Fsp3) is 0. The van der Waals surface area contributed by atoms with E-state index in [9.17, 15) is 4.79 Å². The molecule has 14 heavy (non-hydrogen) atoms. The number of hydrogen-bond donors (Lipinski definition) is 1. The summed E-state index contributed by atoms with van der Waals surface area (Å²) in [6, 6.07) is 10.8. The zero-order valence-electron chi connectivity index (χ0n) is 7.33. The average Bonchev–Trinajstić information content (AvgIpc) is 2.20. The minimum absolute atomic E-state index is 0.110. The van der Waals surface area contributed by atoms with E-state index in [-0.39, 0.29) is 5.56 Å². The van der Waals surface area contributed by atoms with Gasteiger partial charge in [0.05, 0.1) is 0 Å². The Bertz CT molecular complexity index is 484. The molecule has 0 unspecified atom stereocenters. The predicted molar refractivity (Wildman–Crippen MR) is 57.5 cm³/mol. The zero-order chi connectivity index (χ0) is 9.97. The van der Waals surface area contributed by atoms with Crippen LogP contribution in [0.2, 0.25) is 5.02 Å². The maximum atomic E-state index is 10.8. The molecular formula is C11H8ClNO. The van der Waals surface area contributed by atoms with Crippen LogP contribution < -0.4 is 5.56 Å². The molecule has 0 radical (unpaired) electrons. The summed E-state index contributed by atoms with van der Waals surface area (Å²) < 4.78 is 0. The van der Waals surface area contributed by atoms with E-state index in [1.54, 1.807) is 12.3 Å². The molecule has 0 fully saturated rings. The molecule has 1 aromatic carbocycles. The Balaban J connectivity index is 2.55. The second-order valence-electron chi connectivity index (χ2n) is 2.92. The maximum Gasteiger partial charge on any atom is 0.247 e. The van der Waals surface area contributed by atoms with Gasteiger partial charge in [-0.05, 0) is 17.7 Å². The van der Waals surface area contributed by atoms with Crippen molar-refractivity contribution < 1.29 is 0 Å². The van der Waals surface area contributed by atoms with Crippen LogP contribution in [0.15, 0.2) is 47.4 Å². The third kappa shape index (κ3) is 1.70. The van der Waals surface area contributed by atoms with Crippen molar-refractivity contribution in [1.82, 2.24) is 4.98 Å².